The topological polar surface area (TPSA) is 61.3 Å². The van der Waals surface area contributed by atoms with E-state index < -0.39 is 0 Å². The van der Waals surface area contributed by atoms with Crippen LogP contribution in [0, 0.1) is 19.8 Å². The molecule has 19 heavy (non-hydrogen) atoms. The standard InChI is InChI=1S/C15H25ClN2O/c1-4-5-19-15-10(2)6-14(16)11(3)13(15)7-12(8-17)9-18/h6,12H,4-5,7-9,17-18H2,1-3H3. The number of ether oxygens (including phenoxy) is 1. The molecule has 0 bridgehead atoms. The van der Waals surface area contributed by atoms with Crippen molar-refractivity contribution in [3.63, 3.8) is 0 Å². The van der Waals surface area contributed by atoms with Gasteiger partial charge in [-0.2, -0.15) is 0 Å². The van der Waals surface area contributed by atoms with Crippen LogP contribution in [0.2, 0.25) is 5.02 Å². The maximum Gasteiger partial charge on any atom is 0.125 e. The first-order valence-corrected chi connectivity index (χ1v) is 7.24. The highest BCUT2D eigenvalue weighted by molar-refractivity contribution is 6.31. The van der Waals surface area contributed by atoms with E-state index >= 15 is 0 Å². The van der Waals surface area contributed by atoms with Crippen molar-refractivity contribution in [1.82, 2.24) is 0 Å². The average molecular weight is 285 g/mol. The minimum atomic E-state index is 0.264. The second kappa shape index (κ2) is 7.73. The van der Waals surface area contributed by atoms with Gasteiger partial charge in [-0.1, -0.05) is 18.5 Å². The third-order valence-electron chi connectivity index (χ3n) is 3.40. The molecule has 0 heterocycles. The molecule has 4 N–H and O–H groups in total. The van der Waals surface area contributed by atoms with Gasteiger partial charge < -0.3 is 16.2 Å². The summed E-state index contributed by atoms with van der Waals surface area (Å²) in [6.07, 6.45) is 1.80. The maximum absolute atomic E-state index is 6.28. The largest absolute Gasteiger partial charge is 0.493 e. The van der Waals surface area contributed by atoms with Crippen LogP contribution in [0.25, 0.3) is 0 Å². The molecule has 1 aromatic carbocycles. The highest BCUT2D eigenvalue weighted by Gasteiger charge is 2.17. The van der Waals surface area contributed by atoms with Gasteiger partial charge in [0.05, 0.1) is 6.61 Å². The van der Waals surface area contributed by atoms with Crippen LogP contribution in [0.4, 0.5) is 0 Å². The molecule has 0 aromatic heterocycles. The second-order valence-corrected chi connectivity index (χ2v) is 5.41. The predicted octanol–water partition coefficient (Wildman–Crippen LogP) is 2.82. The van der Waals surface area contributed by atoms with Gasteiger partial charge in [-0.3, -0.25) is 0 Å². The van der Waals surface area contributed by atoms with Crippen LogP contribution in [0.3, 0.4) is 0 Å². The summed E-state index contributed by atoms with van der Waals surface area (Å²) in [5.41, 5.74) is 14.8. The van der Waals surface area contributed by atoms with Crippen LogP contribution < -0.4 is 16.2 Å². The molecule has 0 unspecified atom stereocenters. The minimum Gasteiger partial charge on any atom is -0.493 e. The van der Waals surface area contributed by atoms with E-state index in [9.17, 15) is 0 Å². The Hall–Kier alpha value is -0.770. The van der Waals surface area contributed by atoms with Crippen LogP contribution in [0.5, 0.6) is 5.75 Å². The van der Waals surface area contributed by atoms with E-state index in [1.807, 2.05) is 19.9 Å². The Balaban J connectivity index is 3.15. The van der Waals surface area contributed by atoms with E-state index in [1.54, 1.807) is 0 Å². The Morgan fingerprint density at radius 3 is 2.42 bits per heavy atom. The van der Waals surface area contributed by atoms with Crippen molar-refractivity contribution in [2.24, 2.45) is 17.4 Å². The molecule has 0 aliphatic rings. The highest BCUT2D eigenvalue weighted by Crippen LogP contribution is 2.33. The molecule has 0 radical (unpaired) electrons. The number of hydrogen-bond donors (Lipinski definition) is 2. The summed E-state index contributed by atoms with van der Waals surface area (Å²) in [4.78, 5) is 0. The number of nitrogens with two attached hydrogens (primary N) is 2. The molecule has 108 valence electrons. The molecule has 3 nitrogen and oxygen atoms in total. The van der Waals surface area contributed by atoms with E-state index in [2.05, 4.69) is 6.92 Å². The zero-order valence-electron chi connectivity index (χ0n) is 12.1. The van der Waals surface area contributed by atoms with Gasteiger partial charge in [0, 0.05) is 5.02 Å². The van der Waals surface area contributed by atoms with Crippen LogP contribution in [-0.4, -0.2) is 19.7 Å². The normalized spacial score (nSPS) is 11.1. The summed E-state index contributed by atoms with van der Waals surface area (Å²) in [6, 6.07) is 1.96. The molecule has 0 fully saturated rings. The quantitative estimate of drug-likeness (QED) is 0.809. The summed E-state index contributed by atoms with van der Waals surface area (Å²) in [6.45, 7) is 8.02. The monoisotopic (exact) mass is 284 g/mol. The molecule has 0 amide bonds. The molecular formula is C15H25ClN2O. The van der Waals surface area contributed by atoms with Crippen molar-refractivity contribution < 1.29 is 4.74 Å². The van der Waals surface area contributed by atoms with Gasteiger partial charge in [0.1, 0.15) is 5.75 Å². The Kier molecular flexibility index (Phi) is 6.63. The Bertz CT molecular complexity index is 417. The SMILES string of the molecule is CCCOc1c(C)cc(Cl)c(C)c1CC(CN)CN. The summed E-state index contributed by atoms with van der Waals surface area (Å²) in [5.74, 6) is 1.22. The number of benzene rings is 1. The van der Waals surface area contributed by atoms with Crippen LogP contribution in [-0.2, 0) is 6.42 Å². The molecule has 0 aliphatic carbocycles. The minimum absolute atomic E-state index is 0.264. The van der Waals surface area contributed by atoms with Crippen LogP contribution in [0.1, 0.15) is 30.0 Å². The lowest BCUT2D eigenvalue weighted by atomic mass is 9.93. The van der Waals surface area contributed by atoms with Crippen molar-refractivity contribution in [1.29, 1.82) is 0 Å². The average Bonchev–Trinajstić information content (AvgIpc) is 2.40. The summed E-state index contributed by atoms with van der Waals surface area (Å²) in [5, 5.41) is 0.782. The van der Waals surface area contributed by atoms with Crippen LogP contribution >= 0.6 is 11.6 Å². The molecule has 1 aromatic rings. The van der Waals surface area contributed by atoms with Gasteiger partial charge in [0.2, 0.25) is 0 Å². The molecule has 0 spiro atoms. The third kappa shape index (κ3) is 4.10. The van der Waals surface area contributed by atoms with Crippen molar-refractivity contribution >= 4 is 11.6 Å². The summed E-state index contributed by atoms with van der Waals surface area (Å²) >= 11 is 6.28. The van der Waals surface area contributed by atoms with Crippen molar-refractivity contribution in [2.45, 2.75) is 33.6 Å². The molecule has 0 aliphatic heterocycles. The number of halogens is 1. The Labute approximate surface area is 121 Å². The lowest BCUT2D eigenvalue weighted by molar-refractivity contribution is 0.310. The van der Waals surface area contributed by atoms with E-state index in [0.29, 0.717) is 19.7 Å². The highest BCUT2D eigenvalue weighted by atomic mass is 35.5. The van der Waals surface area contributed by atoms with Gasteiger partial charge in [0.15, 0.2) is 0 Å². The zero-order chi connectivity index (χ0) is 14.4. The molecule has 4 heteroatoms. The second-order valence-electron chi connectivity index (χ2n) is 5.00. The smallest absolute Gasteiger partial charge is 0.125 e. The van der Waals surface area contributed by atoms with E-state index in [0.717, 1.165) is 40.3 Å². The fourth-order valence-electron chi connectivity index (χ4n) is 2.12. The van der Waals surface area contributed by atoms with Crippen molar-refractivity contribution in [3.05, 3.63) is 27.8 Å². The molecular weight excluding hydrogens is 260 g/mol. The van der Waals surface area contributed by atoms with E-state index in [4.69, 9.17) is 27.8 Å². The number of hydrogen-bond acceptors (Lipinski definition) is 3. The van der Waals surface area contributed by atoms with Crippen LogP contribution in [0.15, 0.2) is 6.07 Å². The lowest BCUT2D eigenvalue weighted by Gasteiger charge is -2.20. The zero-order valence-corrected chi connectivity index (χ0v) is 12.9. The number of aryl methyl sites for hydroxylation is 1. The number of rotatable bonds is 7. The van der Waals surface area contributed by atoms with Crippen molar-refractivity contribution in [3.8, 4) is 5.75 Å². The fourth-order valence-corrected chi connectivity index (χ4v) is 2.40. The van der Waals surface area contributed by atoms with E-state index in [1.165, 1.54) is 0 Å². The van der Waals surface area contributed by atoms with Gasteiger partial charge in [-0.15, -0.1) is 0 Å². The fraction of sp³-hybridized carbons (Fsp3) is 0.600. The van der Waals surface area contributed by atoms with Crippen molar-refractivity contribution in [2.75, 3.05) is 19.7 Å². The van der Waals surface area contributed by atoms with Gasteiger partial charge in [0.25, 0.3) is 0 Å². The molecule has 1 rings (SSSR count). The first-order valence-electron chi connectivity index (χ1n) is 6.86. The molecule has 0 saturated heterocycles. The Morgan fingerprint density at radius 1 is 1.26 bits per heavy atom. The van der Waals surface area contributed by atoms with Gasteiger partial charge >= 0.3 is 0 Å². The molecule has 0 atom stereocenters. The van der Waals surface area contributed by atoms with Gasteiger partial charge in [-0.05, 0) is 68.5 Å². The molecule has 0 saturated carbocycles. The summed E-state index contributed by atoms with van der Waals surface area (Å²) in [7, 11) is 0. The van der Waals surface area contributed by atoms with Gasteiger partial charge in [-0.25, -0.2) is 0 Å². The Morgan fingerprint density at radius 2 is 1.89 bits per heavy atom. The third-order valence-corrected chi connectivity index (χ3v) is 3.79. The summed E-state index contributed by atoms with van der Waals surface area (Å²) < 4.78 is 5.90. The maximum atomic E-state index is 6.28. The lowest BCUT2D eigenvalue weighted by Crippen LogP contribution is -2.25. The first kappa shape index (κ1) is 16.3. The van der Waals surface area contributed by atoms with E-state index in [-0.39, 0.29) is 5.92 Å². The predicted molar refractivity (Wildman–Crippen MR) is 82.0 cm³/mol. The first-order chi connectivity index (χ1) is 9.04.